The molecule has 0 bridgehead atoms. The quantitative estimate of drug-likeness (QED) is 0.391. The first-order chi connectivity index (χ1) is 3.06. The Bertz CT molecular complexity index is 45.4. The highest BCUT2D eigenvalue weighted by Crippen LogP contribution is 1.90. The van der Waals surface area contributed by atoms with E-state index in [0.717, 1.165) is 0 Å². The maximum absolute atomic E-state index is 5.34. The van der Waals surface area contributed by atoms with Crippen LogP contribution < -0.4 is 17.2 Å². The lowest BCUT2D eigenvalue weighted by atomic mass is 10.1. The molecule has 0 aliphatic carbocycles. The van der Waals surface area contributed by atoms with Gasteiger partial charge < -0.3 is 17.2 Å². The van der Waals surface area contributed by atoms with Gasteiger partial charge in [0, 0.05) is 0 Å². The van der Waals surface area contributed by atoms with Crippen LogP contribution in [0.25, 0.3) is 0 Å². The molecule has 0 saturated carbocycles. The minimum Gasteiger partial charge on any atom is -0.330 e. The van der Waals surface area contributed by atoms with Crippen LogP contribution in [-0.2, 0) is 0 Å². The van der Waals surface area contributed by atoms with Gasteiger partial charge in [-0.15, -0.1) is 0 Å². The highest BCUT2D eigenvalue weighted by atomic mass is 14.9. The van der Waals surface area contributed by atoms with Crippen molar-refractivity contribution in [3.8, 4) is 0 Å². The Labute approximate surface area is 43.9 Å². The molecule has 0 amide bonds. The molecule has 0 aliphatic heterocycles. The van der Waals surface area contributed by atoms with Crippen LogP contribution in [0, 0.1) is 0 Å². The summed E-state index contributed by atoms with van der Waals surface area (Å²) in [5.41, 5.74) is 15.3. The summed E-state index contributed by atoms with van der Waals surface area (Å²) in [7, 11) is 0. The largest absolute Gasteiger partial charge is 0.330 e. The van der Waals surface area contributed by atoms with Crippen LogP contribution in [0.1, 0.15) is 13.3 Å². The zero-order valence-corrected chi connectivity index (χ0v) is 4.65. The zero-order chi connectivity index (χ0) is 5.91. The van der Waals surface area contributed by atoms with Gasteiger partial charge in [-0.05, 0) is 19.9 Å². The summed E-state index contributed by atoms with van der Waals surface area (Å²) in [5.74, 6) is 0. The Morgan fingerprint density at radius 1 is 1.43 bits per heavy atom. The van der Waals surface area contributed by atoms with Crippen molar-refractivity contribution < 1.29 is 0 Å². The molecular weight excluding hydrogens is 90.1 g/mol. The molecule has 0 atom stereocenters. The molecule has 0 aromatic heterocycles. The second kappa shape index (κ2) is 2.26. The number of hydrogen-bond acceptors (Lipinski definition) is 3. The maximum Gasteiger partial charge on any atom is 0.0619 e. The van der Waals surface area contributed by atoms with E-state index in [-0.39, 0.29) is 0 Å². The minimum atomic E-state index is -0.575. The predicted molar refractivity (Wildman–Crippen MR) is 30.5 cm³/mol. The summed E-state index contributed by atoms with van der Waals surface area (Å²) >= 11 is 0. The molecule has 6 N–H and O–H groups in total. The molecule has 0 spiro atoms. The van der Waals surface area contributed by atoms with Gasteiger partial charge in [0.15, 0.2) is 0 Å². The van der Waals surface area contributed by atoms with Crippen LogP contribution in [0.2, 0.25) is 0 Å². The van der Waals surface area contributed by atoms with E-state index in [1.807, 2.05) is 0 Å². The van der Waals surface area contributed by atoms with Gasteiger partial charge in [-0.25, -0.2) is 0 Å². The van der Waals surface area contributed by atoms with E-state index in [4.69, 9.17) is 17.2 Å². The summed E-state index contributed by atoms with van der Waals surface area (Å²) in [4.78, 5) is 0. The minimum absolute atomic E-state index is 0.559. The van der Waals surface area contributed by atoms with E-state index >= 15 is 0 Å². The third-order valence-electron chi connectivity index (χ3n) is 0.683. The molecule has 0 fully saturated rings. The fourth-order valence-corrected chi connectivity index (χ4v) is 0.311. The Morgan fingerprint density at radius 3 is 1.86 bits per heavy atom. The Kier molecular flexibility index (Phi) is 2.22. The molecule has 3 heteroatoms. The van der Waals surface area contributed by atoms with Crippen molar-refractivity contribution in [1.82, 2.24) is 0 Å². The molecule has 0 saturated heterocycles. The van der Waals surface area contributed by atoms with Crippen LogP contribution in [0.15, 0.2) is 0 Å². The topological polar surface area (TPSA) is 78.1 Å². The third-order valence-corrected chi connectivity index (χ3v) is 0.683. The van der Waals surface area contributed by atoms with Gasteiger partial charge >= 0.3 is 0 Å². The van der Waals surface area contributed by atoms with Gasteiger partial charge in [0.25, 0.3) is 0 Å². The van der Waals surface area contributed by atoms with Crippen LogP contribution in [0.5, 0.6) is 0 Å². The summed E-state index contributed by atoms with van der Waals surface area (Å²) in [6.07, 6.45) is 0.674. The maximum atomic E-state index is 5.34. The third kappa shape index (κ3) is 5.88. The average molecular weight is 103 g/mol. The summed E-state index contributed by atoms with van der Waals surface area (Å²) in [5, 5.41) is 0. The monoisotopic (exact) mass is 103 g/mol. The number of nitrogens with two attached hydrogens (primary N) is 3. The summed E-state index contributed by atoms with van der Waals surface area (Å²) in [6, 6.07) is 0. The first kappa shape index (κ1) is 6.88. The molecule has 0 rings (SSSR count). The summed E-state index contributed by atoms with van der Waals surface area (Å²) in [6.45, 7) is 2.31. The fraction of sp³-hybridized carbons (Fsp3) is 1.00. The van der Waals surface area contributed by atoms with E-state index in [0.29, 0.717) is 13.0 Å². The van der Waals surface area contributed by atoms with E-state index < -0.39 is 5.66 Å². The van der Waals surface area contributed by atoms with Crippen molar-refractivity contribution in [1.29, 1.82) is 0 Å². The van der Waals surface area contributed by atoms with Crippen molar-refractivity contribution in [2.45, 2.75) is 19.0 Å². The first-order valence-electron chi connectivity index (χ1n) is 2.34. The molecular formula is C4H13N3. The fourth-order valence-electron chi connectivity index (χ4n) is 0.311. The van der Waals surface area contributed by atoms with Crippen molar-refractivity contribution in [3.05, 3.63) is 0 Å². The lowest BCUT2D eigenvalue weighted by molar-refractivity contribution is 0.458. The number of hydrogen-bond donors (Lipinski definition) is 3. The highest BCUT2D eigenvalue weighted by molar-refractivity contribution is 4.68. The van der Waals surface area contributed by atoms with E-state index in [1.54, 1.807) is 6.92 Å². The molecule has 0 aliphatic rings. The average Bonchev–Trinajstić information content (AvgIpc) is 1.30. The first-order valence-corrected chi connectivity index (χ1v) is 2.34. The lowest BCUT2D eigenvalue weighted by Crippen LogP contribution is -2.47. The molecule has 0 unspecified atom stereocenters. The van der Waals surface area contributed by atoms with Crippen molar-refractivity contribution in [3.63, 3.8) is 0 Å². The van der Waals surface area contributed by atoms with Crippen LogP contribution in [0.3, 0.4) is 0 Å². The van der Waals surface area contributed by atoms with Crippen LogP contribution in [-0.4, -0.2) is 12.2 Å². The number of rotatable bonds is 2. The molecule has 0 radical (unpaired) electrons. The summed E-state index contributed by atoms with van der Waals surface area (Å²) < 4.78 is 0. The molecule has 3 nitrogen and oxygen atoms in total. The van der Waals surface area contributed by atoms with Gasteiger partial charge in [0.2, 0.25) is 0 Å². The van der Waals surface area contributed by atoms with Gasteiger partial charge in [0.1, 0.15) is 0 Å². The van der Waals surface area contributed by atoms with Gasteiger partial charge in [0.05, 0.1) is 5.66 Å². The van der Waals surface area contributed by atoms with E-state index in [1.165, 1.54) is 0 Å². The Morgan fingerprint density at radius 2 is 1.86 bits per heavy atom. The second-order valence-electron chi connectivity index (χ2n) is 2.04. The molecule has 7 heavy (non-hydrogen) atoms. The highest BCUT2D eigenvalue weighted by Gasteiger charge is 2.07. The molecule has 0 heterocycles. The standard InChI is InChI=1S/C4H13N3/c1-4(6,7)2-3-5/h2-3,5-7H2,1H3. The van der Waals surface area contributed by atoms with E-state index in [9.17, 15) is 0 Å². The van der Waals surface area contributed by atoms with E-state index in [2.05, 4.69) is 0 Å². The lowest BCUT2D eigenvalue weighted by Gasteiger charge is -2.15. The Hall–Kier alpha value is -0.120. The van der Waals surface area contributed by atoms with Crippen LogP contribution in [0.4, 0.5) is 0 Å². The molecule has 0 aromatic carbocycles. The predicted octanol–water partition coefficient (Wildman–Crippen LogP) is -1.03. The van der Waals surface area contributed by atoms with Gasteiger partial charge in [-0.3, -0.25) is 0 Å². The van der Waals surface area contributed by atoms with Crippen LogP contribution >= 0.6 is 0 Å². The van der Waals surface area contributed by atoms with Gasteiger partial charge in [-0.1, -0.05) is 0 Å². The molecule has 0 aromatic rings. The zero-order valence-electron chi connectivity index (χ0n) is 4.65. The second-order valence-corrected chi connectivity index (χ2v) is 2.04. The van der Waals surface area contributed by atoms with Crippen molar-refractivity contribution in [2.24, 2.45) is 17.2 Å². The normalized spacial score (nSPS) is 12.0. The Balaban J connectivity index is 3.15. The van der Waals surface area contributed by atoms with Crippen molar-refractivity contribution in [2.75, 3.05) is 6.54 Å². The smallest absolute Gasteiger partial charge is 0.0619 e. The molecule has 44 valence electrons. The van der Waals surface area contributed by atoms with Crippen molar-refractivity contribution >= 4 is 0 Å². The van der Waals surface area contributed by atoms with Gasteiger partial charge in [-0.2, -0.15) is 0 Å². The SMILES string of the molecule is CC(N)(N)CCN.